The topological polar surface area (TPSA) is 101 Å². The lowest BCUT2D eigenvalue weighted by molar-refractivity contribution is 0.0981. The number of nitrogens with zero attached hydrogens (tertiary/aromatic N) is 2. The van der Waals surface area contributed by atoms with Crippen molar-refractivity contribution in [3.05, 3.63) is 40.4 Å². The van der Waals surface area contributed by atoms with Crippen molar-refractivity contribution in [3.8, 4) is 0 Å². The number of aryl methyl sites for hydroxylation is 1. The molecular formula is C18H25N5O3. The van der Waals surface area contributed by atoms with Crippen molar-refractivity contribution in [2.24, 2.45) is 7.05 Å². The van der Waals surface area contributed by atoms with Crippen LogP contribution >= 0.6 is 0 Å². The molecule has 2 aromatic heterocycles. The van der Waals surface area contributed by atoms with Gasteiger partial charge in [0.2, 0.25) is 0 Å². The average molecular weight is 359 g/mol. The molecular weight excluding hydrogens is 334 g/mol. The Hall–Kier alpha value is -2.77. The molecule has 1 fully saturated rings. The van der Waals surface area contributed by atoms with E-state index in [1.54, 1.807) is 25.4 Å². The van der Waals surface area contributed by atoms with Gasteiger partial charge in [-0.3, -0.25) is 9.89 Å². The van der Waals surface area contributed by atoms with E-state index in [-0.39, 0.29) is 29.7 Å². The molecule has 1 aliphatic rings. The van der Waals surface area contributed by atoms with E-state index in [4.69, 9.17) is 4.74 Å². The highest BCUT2D eigenvalue weighted by Crippen LogP contribution is 2.36. The van der Waals surface area contributed by atoms with E-state index < -0.39 is 0 Å². The number of rotatable bonds is 5. The van der Waals surface area contributed by atoms with Crippen molar-refractivity contribution in [1.29, 1.82) is 0 Å². The molecule has 3 rings (SSSR count). The second kappa shape index (κ2) is 7.63. The van der Waals surface area contributed by atoms with Crippen molar-refractivity contribution in [3.63, 3.8) is 0 Å². The highest BCUT2D eigenvalue weighted by Gasteiger charge is 2.30. The summed E-state index contributed by atoms with van der Waals surface area (Å²) in [5, 5.41) is 13.1. The van der Waals surface area contributed by atoms with Gasteiger partial charge in [-0.25, -0.2) is 4.79 Å². The minimum absolute atomic E-state index is 0.0617. The second-order valence-electron chi connectivity index (χ2n) is 7.01. The van der Waals surface area contributed by atoms with E-state index in [1.807, 2.05) is 19.9 Å². The van der Waals surface area contributed by atoms with Gasteiger partial charge < -0.3 is 19.9 Å². The number of aromatic amines is 1. The first kappa shape index (κ1) is 18.0. The summed E-state index contributed by atoms with van der Waals surface area (Å²) in [4.78, 5) is 23.8. The van der Waals surface area contributed by atoms with Crippen LogP contribution in [0, 0.1) is 0 Å². The lowest BCUT2D eigenvalue weighted by Crippen LogP contribution is -2.33. The van der Waals surface area contributed by atoms with Gasteiger partial charge >= 0.3 is 6.09 Å². The molecule has 8 heteroatoms. The maximum atomic E-state index is 12.1. The Morgan fingerprint density at radius 3 is 3.00 bits per heavy atom. The second-order valence-corrected chi connectivity index (χ2v) is 7.01. The minimum Gasteiger partial charge on any atom is -0.446 e. The predicted molar refractivity (Wildman–Crippen MR) is 98.7 cm³/mol. The number of aromatic nitrogens is 3. The Morgan fingerprint density at radius 1 is 1.42 bits per heavy atom. The van der Waals surface area contributed by atoms with E-state index in [0.29, 0.717) is 11.5 Å². The summed E-state index contributed by atoms with van der Waals surface area (Å²) in [7, 11) is 1.71. The molecule has 0 radical (unpaired) electrons. The van der Waals surface area contributed by atoms with Gasteiger partial charge in [0.1, 0.15) is 11.8 Å². The number of carbonyl (C=O) groups is 1. The number of amides is 1. The lowest BCUT2D eigenvalue weighted by Gasteiger charge is -2.14. The van der Waals surface area contributed by atoms with E-state index in [2.05, 4.69) is 20.8 Å². The highest BCUT2D eigenvalue weighted by atomic mass is 16.6. The number of ether oxygens (including phenoxy) is 1. The number of hydrogen-bond acceptors (Lipinski definition) is 5. The van der Waals surface area contributed by atoms with Gasteiger partial charge in [-0.05, 0) is 45.2 Å². The quantitative estimate of drug-likeness (QED) is 0.762. The van der Waals surface area contributed by atoms with Crippen LogP contribution in [0.2, 0.25) is 0 Å². The molecule has 1 saturated carbocycles. The maximum absolute atomic E-state index is 12.1. The van der Waals surface area contributed by atoms with Gasteiger partial charge in [0.25, 0.3) is 5.56 Å². The lowest BCUT2D eigenvalue weighted by atomic mass is 10.0. The van der Waals surface area contributed by atoms with Crippen LogP contribution in [0.25, 0.3) is 0 Å². The first-order valence-electron chi connectivity index (χ1n) is 8.87. The van der Waals surface area contributed by atoms with Crippen molar-refractivity contribution < 1.29 is 9.53 Å². The number of alkyl carbamates (subject to hydrolysis) is 1. The summed E-state index contributed by atoms with van der Waals surface area (Å²) in [5.41, 5.74) is 1.35. The number of anilines is 2. The summed E-state index contributed by atoms with van der Waals surface area (Å²) in [5.74, 6) is 0.860. The smallest absolute Gasteiger partial charge is 0.407 e. The number of pyridine rings is 1. The molecule has 1 aliphatic carbocycles. The van der Waals surface area contributed by atoms with Crippen molar-refractivity contribution in [1.82, 2.24) is 20.1 Å². The molecule has 2 atom stereocenters. The van der Waals surface area contributed by atoms with Gasteiger partial charge in [0.05, 0.1) is 0 Å². The zero-order valence-corrected chi connectivity index (χ0v) is 15.3. The van der Waals surface area contributed by atoms with Crippen LogP contribution < -0.4 is 16.2 Å². The molecule has 0 aliphatic heterocycles. The molecule has 26 heavy (non-hydrogen) atoms. The molecule has 2 heterocycles. The molecule has 0 bridgehead atoms. The Labute approximate surface area is 151 Å². The summed E-state index contributed by atoms with van der Waals surface area (Å²) in [6, 6.07) is 5.50. The summed E-state index contributed by atoms with van der Waals surface area (Å²) in [6.07, 6.45) is 3.78. The first-order chi connectivity index (χ1) is 12.4. The summed E-state index contributed by atoms with van der Waals surface area (Å²) < 4.78 is 6.97. The first-order valence-corrected chi connectivity index (χ1v) is 8.87. The Bertz CT molecular complexity index is 826. The van der Waals surface area contributed by atoms with Crippen molar-refractivity contribution in [2.45, 2.75) is 51.2 Å². The van der Waals surface area contributed by atoms with Gasteiger partial charge in [0.15, 0.2) is 5.82 Å². The largest absolute Gasteiger partial charge is 0.446 e. The Kier molecular flexibility index (Phi) is 5.29. The van der Waals surface area contributed by atoms with Crippen molar-refractivity contribution >= 4 is 17.6 Å². The molecule has 3 N–H and O–H groups in total. The van der Waals surface area contributed by atoms with Gasteiger partial charge in [-0.2, -0.15) is 5.10 Å². The number of carbonyl (C=O) groups excluding carboxylic acids is 1. The van der Waals surface area contributed by atoms with E-state index >= 15 is 0 Å². The fourth-order valence-electron chi connectivity index (χ4n) is 3.19. The van der Waals surface area contributed by atoms with Crippen LogP contribution in [0.4, 0.5) is 16.3 Å². The molecule has 0 unspecified atom stereocenters. The van der Waals surface area contributed by atoms with Crippen molar-refractivity contribution in [2.75, 3.05) is 5.32 Å². The molecule has 0 aromatic carbocycles. The molecule has 0 spiro atoms. The molecule has 8 nitrogen and oxygen atoms in total. The summed E-state index contributed by atoms with van der Waals surface area (Å²) >= 11 is 0. The maximum Gasteiger partial charge on any atom is 0.407 e. The average Bonchev–Trinajstić information content (AvgIpc) is 3.20. The van der Waals surface area contributed by atoms with E-state index in [9.17, 15) is 9.59 Å². The van der Waals surface area contributed by atoms with Gasteiger partial charge in [-0.1, -0.05) is 0 Å². The van der Waals surface area contributed by atoms with Gasteiger partial charge in [-0.15, -0.1) is 0 Å². The molecule has 2 aromatic rings. The third-order valence-corrected chi connectivity index (χ3v) is 4.49. The van der Waals surface area contributed by atoms with Crippen LogP contribution in [0.5, 0.6) is 0 Å². The SMILES string of the molecule is CC(C)NC(=O)O[C@@H]1CC[C@H](c2cc(Nc3cccn(C)c3=O)n[nH]2)C1. The zero-order chi connectivity index (χ0) is 18.7. The fraction of sp³-hybridized carbons (Fsp3) is 0.500. The van der Waals surface area contributed by atoms with E-state index in [0.717, 1.165) is 25.0 Å². The number of H-pyrrole nitrogens is 1. The van der Waals surface area contributed by atoms with Crippen LogP contribution in [-0.2, 0) is 11.8 Å². The van der Waals surface area contributed by atoms with Crippen LogP contribution in [0.1, 0.15) is 44.7 Å². The standard InChI is InChI=1S/C18H25N5O3/c1-11(2)19-18(25)26-13-7-6-12(9-13)15-10-16(22-21-15)20-14-5-4-8-23(3)17(14)24/h4-5,8,10-13H,6-7,9H2,1-3H3,(H,19,25)(H2,20,21,22)/t12-,13+/m0/s1. The Morgan fingerprint density at radius 2 is 2.23 bits per heavy atom. The monoisotopic (exact) mass is 359 g/mol. The van der Waals surface area contributed by atoms with Crippen LogP contribution in [0.3, 0.4) is 0 Å². The van der Waals surface area contributed by atoms with Gasteiger partial charge in [0, 0.05) is 37.0 Å². The number of hydrogen-bond donors (Lipinski definition) is 3. The third-order valence-electron chi connectivity index (χ3n) is 4.49. The minimum atomic E-state index is -0.363. The molecule has 140 valence electrons. The number of nitrogens with one attached hydrogen (secondary N) is 3. The van der Waals surface area contributed by atoms with Crippen LogP contribution in [0.15, 0.2) is 29.2 Å². The van der Waals surface area contributed by atoms with Crippen LogP contribution in [-0.4, -0.2) is 33.0 Å². The predicted octanol–water partition coefficient (Wildman–Crippen LogP) is 2.62. The third kappa shape index (κ3) is 4.25. The molecule has 0 saturated heterocycles. The molecule has 1 amide bonds. The normalized spacial score (nSPS) is 19.5. The zero-order valence-electron chi connectivity index (χ0n) is 15.3. The highest BCUT2D eigenvalue weighted by molar-refractivity contribution is 5.67. The fourth-order valence-corrected chi connectivity index (χ4v) is 3.19. The summed E-state index contributed by atoms with van der Waals surface area (Å²) in [6.45, 7) is 3.80. The van der Waals surface area contributed by atoms with E-state index in [1.165, 1.54) is 4.57 Å². The Balaban J connectivity index is 1.59.